The number of carbonyl (C=O) groups excluding carboxylic acids is 1. The molecule has 1 rings (SSSR count). The summed E-state index contributed by atoms with van der Waals surface area (Å²) in [5.41, 5.74) is 5.43. The molecule has 0 unspecified atom stereocenters. The third-order valence-electron chi connectivity index (χ3n) is 1.70. The smallest absolute Gasteiger partial charge is 0.327 e. The van der Waals surface area contributed by atoms with Gasteiger partial charge in [0.15, 0.2) is 0 Å². The quantitative estimate of drug-likeness (QED) is 0.795. The van der Waals surface area contributed by atoms with Crippen LogP contribution in [0.1, 0.15) is 11.6 Å². The zero-order chi connectivity index (χ0) is 10.7. The minimum atomic E-state index is -1.16. The highest BCUT2D eigenvalue weighted by atomic mass is 35.5. The minimum absolute atomic E-state index is 0. The molecule has 84 valence electrons. The SMILES string of the molecule is COC(=O)[C@H](N)c1cc(F)cc(F)c1.Cl. The van der Waals surface area contributed by atoms with Crippen LogP contribution in [0.15, 0.2) is 18.2 Å². The summed E-state index contributed by atoms with van der Waals surface area (Å²) >= 11 is 0. The Bertz CT molecular complexity index is 340. The van der Waals surface area contributed by atoms with Crippen molar-refractivity contribution in [2.45, 2.75) is 6.04 Å². The third kappa shape index (κ3) is 3.45. The molecule has 0 spiro atoms. The maximum Gasteiger partial charge on any atom is 0.327 e. The molecule has 0 saturated heterocycles. The van der Waals surface area contributed by atoms with Crippen molar-refractivity contribution in [1.82, 2.24) is 0 Å². The number of carbonyl (C=O) groups is 1. The van der Waals surface area contributed by atoms with Crippen LogP contribution >= 0.6 is 12.4 Å². The molecule has 15 heavy (non-hydrogen) atoms. The maximum absolute atomic E-state index is 12.7. The van der Waals surface area contributed by atoms with Gasteiger partial charge in [-0.05, 0) is 17.7 Å². The summed E-state index contributed by atoms with van der Waals surface area (Å²) in [5.74, 6) is -2.30. The summed E-state index contributed by atoms with van der Waals surface area (Å²) in [4.78, 5) is 10.9. The summed E-state index contributed by atoms with van der Waals surface area (Å²) in [6, 6.07) is 1.52. The van der Waals surface area contributed by atoms with Crippen molar-refractivity contribution in [2.24, 2.45) is 5.73 Å². The van der Waals surface area contributed by atoms with E-state index in [4.69, 9.17) is 5.73 Å². The number of halogens is 3. The fourth-order valence-electron chi connectivity index (χ4n) is 1.02. The molecule has 0 bridgehead atoms. The highest BCUT2D eigenvalue weighted by molar-refractivity contribution is 5.85. The Balaban J connectivity index is 0.00000196. The van der Waals surface area contributed by atoms with Crippen LogP contribution in [-0.4, -0.2) is 13.1 Å². The molecule has 6 heteroatoms. The summed E-state index contributed by atoms with van der Waals surface area (Å²) < 4.78 is 29.8. The van der Waals surface area contributed by atoms with E-state index in [1.165, 1.54) is 0 Å². The summed E-state index contributed by atoms with van der Waals surface area (Å²) in [7, 11) is 1.15. The molecule has 1 aromatic carbocycles. The Labute approximate surface area is 91.6 Å². The number of benzene rings is 1. The van der Waals surface area contributed by atoms with E-state index in [2.05, 4.69) is 4.74 Å². The second-order valence-electron chi connectivity index (χ2n) is 2.70. The minimum Gasteiger partial charge on any atom is -0.468 e. The van der Waals surface area contributed by atoms with Crippen LogP contribution in [0.4, 0.5) is 8.78 Å². The van der Waals surface area contributed by atoms with Crippen molar-refractivity contribution >= 4 is 18.4 Å². The van der Waals surface area contributed by atoms with Crippen LogP contribution in [0.3, 0.4) is 0 Å². The van der Waals surface area contributed by atoms with E-state index in [0.717, 1.165) is 19.2 Å². The van der Waals surface area contributed by atoms with E-state index >= 15 is 0 Å². The van der Waals surface area contributed by atoms with Gasteiger partial charge in [0.2, 0.25) is 0 Å². The van der Waals surface area contributed by atoms with Gasteiger partial charge in [-0.15, -0.1) is 12.4 Å². The number of hydrogen-bond acceptors (Lipinski definition) is 3. The predicted octanol–water partition coefficient (Wildman–Crippen LogP) is 1.56. The van der Waals surface area contributed by atoms with Crippen molar-refractivity contribution in [3.05, 3.63) is 35.4 Å². The molecule has 1 aromatic rings. The first kappa shape index (κ1) is 13.8. The number of rotatable bonds is 2. The molecular weight excluding hydrogens is 228 g/mol. The first-order valence-corrected chi connectivity index (χ1v) is 3.84. The molecule has 3 nitrogen and oxygen atoms in total. The van der Waals surface area contributed by atoms with Crippen LogP contribution in [0, 0.1) is 11.6 Å². The number of ether oxygens (including phenoxy) is 1. The average molecular weight is 238 g/mol. The first-order chi connectivity index (χ1) is 6.54. The second kappa shape index (κ2) is 5.63. The standard InChI is InChI=1S/C9H9F2NO2.ClH/c1-14-9(13)8(12)5-2-6(10)4-7(11)3-5;/h2-4,8H,12H2,1H3;1H/t8-;/m1./s1. The van der Waals surface area contributed by atoms with Gasteiger partial charge in [-0.1, -0.05) is 0 Å². The van der Waals surface area contributed by atoms with Gasteiger partial charge in [0, 0.05) is 6.07 Å². The van der Waals surface area contributed by atoms with Crippen molar-refractivity contribution in [3.63, 3.8) is 0 Å². The normalized spacial score (nSPS) is 11.5. The lowest BCUT2D eigenvalue weighted by molar-refractivity contribution is -0.142. The lowest BCUT2D eigenvalue weighted by Gasteiger charge is -2.09. The van der Waals surface area contributed by atoms with E-state index < -0.39 is 23.6 Å². The topological polar surface area (TPSA) is 52.3 Å². The van der Waals surface area contributed by atoms with Gasteiger partial charge in [-0.3, -0.25) is 4.79 Å². The van der Waals surface area contributed by atoms with E-state index in [1.807, 2.05) is 0 Å². The highest BCUT2D eigenvalue weighted by Gasteiger charge is 2.17. The fourth-order valence-corrected chi connectivity index (χ4v) is 1.02. The van der Waals surface area contributed by atoms with Crippen LogP contribution in [0.25, 0.3) is 0 Å². The van der Waals surface area contributed by atoms with Gasteiger partial charge < -0.3 is 10.5 Å². The van der Waals surface area contributed by atoms with Crippen molar-refractivity contribution in [3.8, 4) is 0 Å². The molecule has 0 radical (unpaired) electrons. The van der Waals surface area contributed by atoms with E-state index in [9.17, 15) is 13.6 Å². The van der Waals surface area contributed by atoms with Crippen LogP contribution in [0.5, 0.6) is 0 Å². The largest absolute Gasteiger partial charge is 0.468 e. The Morgan fingerprint density at radius 3 is 2.20 bits per heavy atom. The highest BCUT2D eigenvalue weighted by Crippen LogP contribution is 2.15. The molecule has 0 fully saturated rings. The van der Waals surface area contributed by atoms with E-state index in [-0.39, 0.29) is 18.0 Å². The Hall–Kier alpha value is -1.20. The number of nitrogens with two attached hydrogens (primary N) is 1. The van der Waals surface area contributed by atoms with Crippen molar-refractivity contribution in [2.75, 3.05) is 7.11 Å². The monoisotopic (exact) mass is 237 g/mol. The summed E-state index contributed by atoms with van der Waals surface area (Å²) in [6.07, 6.45) is 0. The van der Waals surface area contributed by atoms with Crippen LogP contribution in [0.2, 0.25) is 0 Å². The van der Waals surface area contributed by atoms with Crippen LogP contribution in [-0.2, 0) is 9.53 Å². The maximum atomic E-state index is 12.7. The van der Waals surface area contributed by atoms with Crippen molar-refractivity contribution < 1.29 is 18.3 Å². The lowest BCUT2D eigenvalue weighted by atomic mass is 10.1. The van der Waals surface area contributed by atoms with Gasteiger partial charge >= 0.3 is 5.97 Å². The molecule has 1 atom stereocenters. The first-order valence-electron chi connectivity index (χ1n) is 3.84. The van der Waals surface area contributed by atoms with Gasteiger partial charge in [0.1, 0.15) is 17.7 Å². The third-order valence-corrected chi connectivity index (χ3v) is 1.70. The Kier molecular flexibility index (Phi) is 5.18. The lowest BCUT2D eigenvalue weighted by Crippen LogP contribution is -2.22. The molecular formula is C9H10ClF2NO2. The zero-order valence-electron chi connectivity index (χ0n) is 7.87. The number of hydrogen-bond donors (Lipinski definition) is 1. The Morgan fingerprint density at radius 1 is 1.33 bits per heavy atom. The predicted molar refractivity (Wildman–Crippen MR) is 52.6 cm³/mol. The number of esters is 1. The molecule has 0 saturated carbocycles. The number of methoxy groups -OCH3 is 1. The molecule has 0 aliphatic rings. The average Bonchev–Trinajstić information content (AvgIpc) is 2.14. The molecule has 0 heterocycles. The molecule has 0 aromatic heterocycles. The summed E-state index contributed by atoms with van der Waals surface area (Å²) in [5, 5.41) is 0. The summed E-state index contributed by atoms with van der Waals surface area (Å²) in [6.45, 7) is 0. The van der Waals surface area contributed by atoms with E-state index in [1.54, 1.807) is 0 Å². The van der Waals surface area contributed by atoms with Gasteiger partial charge in [-0.25, -0.2) is 8.78 Å². The van der Waals surface area contributed by atoms with Gasteiger partial charge in [-0.2, -0.15) is 0 Å². The van der Waals surface area contributed by atoms with Crippen LogP contribution < -0.4 is 5.73 Å². The molecule has 0 aliphatic carbocycles. The van der Waals surface area contributed by atoms with Crippen molar-refractivity contribution in [1.29, 1.82) is 0 Å². The van der Waals surface area contributed by atoms with Gasteiger partial charge in [0.05, 0.1) is 7.11 Å². The molecule has 2 N–H and O–H groups in total. The fraction of sp³-hybridized carbons (Fsp3) is 0.222. The Morgan fingerprint density at radius 2 is 1.80 bits per heavy atom. The van der Waals surface area contributed by atoms with Gasteiger partial charge in [0.25, 0.3) is 0 Å². The molecule has 0 aliphatic heterocycles. The van der Waals surface area contributed by atoms with E-state index in [0.29, 0.717) is 6.07 Å². The zero-order valence-corrected chi connectivity index (χ0v) is 8.68. The second-order valence-corrected chi connectivity index (χ2v) is 2.70. The molecule has 0 amide bonds.